The predicted octanol–water partition coefficient (Wildman–Crippen LogP) is 2.53. The third kappa shape index (κ3) is 2.93. The molecule has 2 aromatic rings. The summed E-state index contributed by atoms with van der Waals surface area (Å²) in [6.07, 6.45) is 0.953. The van der Waals surface area contributed by atoms with Crippen molar-refractivity contribution in [1.29, 1.82) is 5.26 Å². The Morgan fingerprint density at radius 3 is 3.11 bits per heavy atom. The number of ether oxygens (including phenoxy) is 1. The van der Waals surface area contributed by atoms with Gasteiger partial charge in [-0.15, -0.1) is 0 Å². The Morgan fingerprint density at radius 2 is 2.33 bits per heavy atom. The fourth-order valence-corrected chi connectivity index (χ4v) is 1.46. The number of aromatic nitrogens is 2. The first-order valence-electron chi connectivity index (χ1n) is 5.74. The zero-order chi connectivity index (χ0) is 12.8. The number of hydrogen-bond acceptors (Lipinski definition) is 5. The maximum absolute atomic E-state index is 8.82. The van der Waals surface area contributed by atoms with Crippen LogP contribution in [0.3, 0.4) is 0 Å². The van der Waals surface area contributed by atoms with Crippen LogP contribution in [0.25, 0.3) is 11.5 Å². The van der Waals surface area contributed by atoms with E-state index in [0.717, 1.165) is 12.0 Å². The molecule has 0 unspecified atom stereocenters. The maximum atomic E-state index is 8.82. The summed E-state index contributed by atoms with van der Waals surface area (Å²) >= 11 is 0. The molecule has 1 aromatic carbocycles. The second-order valence-electron chi connectivity index (χ2n) is 3.76. The van der Waals surface area contributed by atoms with Gasteiger partial charge in [-0.1, -0.05) is 18.1 Å². The Bertz CT molecular complexity index is 557. The Hall–Kier alpha value is -2.19. The second kappa shape index (κ2) is 5.94. The van der Waals surface area contributed by atoms with Crippen LogP contribution < -0.4 is 0 Å². The molecule has 0 fully saturated rings. The zero-order valence-electron chi connectivity index (χ0n) is 10.1. The number of benzene rings is 1. The highest BCUT2D eigenvalue weighted by atomic mass is 16.5. The van der Waals surface area contributed by atoms with Gasteiger partial charge < -0.3 is 9.26 Å². The SMILES string of the molecule is CCCOCc1noc(-c2cccc(C#N)c2)n1. The fourth-order valence-electron chi connectivity index (χ4n) is 1.46. The predicted molar refractivity (Wildman–Crippen MR) is 64.4 cm³/mol. The van der Waals surface area contributed by atoms with E-state index in [1.54, 1.807) is 18.2 Å². The van der Waals surface area contributed by atoms with Gasteiger partial charge in [-0.25, -0.2) is 0 Å². The monoisotopic (exact) mass is 243 g/mol. The fraction of sp³-hybridized carbons (Fsp3) is 0.308. The van der Waals surface area contributed by atoms with Crippen LogP contribution >= 0.6 is 0 Å². The van der Waals surface area contributed by atoms with Crippen LogP contribution in [0.4, 0.5) is 0 Å². The van der Waals surface area contributed by atoms with Gasteiger partial charge in [0.25, 0.3) is 5.89 Å². The van der Waals surface area contributed by atoms with Gasteiger partial charge in [0.05, 0.1) is 11.6 Å². The third-order valence-corrected chi connectivity index (χ3v) is 2.29. The van der Waals surface area contributed by atoms with Crippen molar-refractivity contribution in [3.05, 3.63) is 35.7 Å². The van der Waals surface area contributed by atoms with E-state index in [0.29, 0.717) is 30.5 Å². The molecule has 0 N–H and O–H groups in total. The summed E-state index contributed by atoms with van der Waals surface area (Å²) in [6, 6.07) is 9.12. The first kappa shape index (κ1) is 12.3. The van der Waals surface area contributed by atoms with Gasteiger partial charge in [-0.05, 0) is 24.6 Å². The molecule has 2 rings (SSSR count). The molecular weight excluding hydrogens is 230 g/mol. The average molecular weight is 243 g/mol. The van der Waals surface area contributed by atoms with Crippen molar-refractivity contribution in [2.75, 3.05) is 6.61 Å². The molecule has 0 saturated heterocycles. The highest BCUT2D eigenvalue weighted by molar-refractivity contribution is 5.55. The molecule has 0 saturated carbocycles. The van der Waals surface area contributed by atoms with Crippen molar-refractivity contribution in [2.24, 2.45) is 0 Å². The van der Waals surface area contributed by atoms with Crippen LogP contribution in [0, 0.1) is 11.3 Å². The lowest BCUT2D eigenvalue weighted by Crippen LogP contribution is -1.95. The molecule has 0 spiro atoms. The molecule has 0 atom stereocenters. The first-order valence-corrected chi connectivity index (χ1v) is 5.74. The molecule has 0 amide bonds. The minimum Gasteiger partial charge on any atom is -0.373 e. The first-order chi connectivity index (χ1) is 8.83. The highest BCUT2D eigenvalue weighted by Crippen LogP contribution is 2.18. The summed E-state index contributed by atoms with van der Waals surface area (Å²) < 4.78 is 10.5. The van der Waals surface area contributed by atoms with Crippen molar-refractivity contribution < 1.29 is 9.26 Å². The van der Waals surface area contributed by atoms with Gasteiger partial charge in [-0.3, -0.25) is 0 Å². The summed E-state index contributed by atoms with van der Waals surface area (Å²) in [7, 11) is 0. The van der Waals surface area contributed by atoms with Crippen molar-refractivity contribution in [1.82, 2.24) is 10.1 Å². The normalized spacial score (nSPS) is 10.2. The molecule has 5 heteroatoms. The van der Waals surface area contributed by atoms with Crippen molar-refractivity contribution in [3.8, 4) is 17.5 Å². The number of hydrogen-bond donors (Lipinski definition) is 0. The largest absolute Gasteiger partial charge is 0.373 e. The standard InChI is InChI=1S/C13H13N3O2/c1-2-6-17-9-12-15-13(18-16-12)11-5-3-4-10(7-11)8-14/h3-5,7H,2,6,9H2,1H3. The zero-order valence-corrected chi connectivity index (χ0v) is 10.1. The van der Waals surface area contributed by atoms with Crippen LogP contribution in [-0.2, 0) is 11.3 Å². The Balaban J connectivity index is 2.11. The van der Waals surface area contributed by atoms with Crippen molar-refractivity contribution in [2.45, 2.75) is 20.0 Å². The van der Waals surface area contributed by atoms with E-state index in [-0.39, 0.29) is 0 Å². The van der Waals surface area contributed by atoms with E-state index in [1.165, 1.54) is 0 Å². The Morgan fingerprint density at radius 1 is 1.44 bits per heavy atom. The van der Waals surface area contributed by atoms with Gasteiger partial charge in [0.2, 0.25) is 0 Å². The van der Waals surface area contributed by atoms with Crippen molar-refractivity contribution >= 4 is 0 Å². The lowest BCUT2D eigenvalue weighted by atomic mass is 10.1. The molecular formula is C13H13N3O2. The minimum absolute atomic E-state index is 0.343. The van der Waals surface area contributed by atoms with Crippen LogP contribution in [0.15, 0.2) is 28.8 Å². The van der Waals surface area contributed by atoms with Crippen LogP contribution in [0.1, 0.15) is 24.7 Å². The molecule has 5 nitrogen and oxygen atoms in total. The van der Waals surface area contributed by atoms with E-state index in [9.17, 15) is 0 Å². The lowest BCUT2D eigenvalue weighted by Gasteiger charge is -1.95. The summed E-state index contributed by atoms with van der Waals surface area (Å²) in [5, 5.41) is 12.6. The Kier molecular flexibility index (Phi) is 4.05. The Labute approximate surface area is 105 Å². The van der Waals surface area contributed by atoms with E-state index in [2.05, 4.69) is 16.2 Å². The van der Waals surface area contributed by atoms with Gasteiger partial charge in [0.15, 0.2) is 5.82 Å². The maximum Gasteiger partial charge on any atom is 0.258 e. The summed E-state index contributed by atoms with van der Waals surface area (Å²) in [6.45, 7) is 3.05. The lowest BCUT2D eigenvalue weighted by molar-refractivity contribution is 0.114. The van der Waals surface area contributed by atoms with Gasteiger partial charge in [0.1, 0.15) is 6.61 Å². The smallest absolute Gasteiger partial charge is 0.258 e. The van der Waals surface area contributed by atoms with Gasteiger partial charge >= 0.3 is 0 Å². The molecule has 18 heavy (non-hydrogen) atoms. The van der Waals surface area contributed by atoms with Crippen LogP contribution in [-0.4, -0.2) is 16.7 Å². The topological polar surface area (TPSA) is 71.9 Å². The quantitative estimate of drug-likeness (QED) is 0.754. The van der Waals surface area contributed by atoms with E-state index < -0.39 is 0 Å². The summed E-state index contributed by atoms with van der Waals surface area (Å²) in [5.41, 5.74) is 1.30. The molecule has 1 aromatic heterocycles. The van der Waals surface area contributed by atoms with E-state index in [1.807, 2.05) is 13.0 Å². The molecule has 0 aliphatic heterocycles. The van der Waals surface area contributed by atoms with E-state index >= 15 is 0 Å². The molecule has 1 heterocycles. The highest BCUT2D eigenvalue weighted by Gasteiger charge is 2.09. The average Bonchev–Trinajstić information content (AvgIpc) is 2.88. The summed E-state index contributed by atoms with van der Waals surface area (Å²) in [5.74, 6) is 0.919. The van der Waals surface area contributed by atoms with Gasteiger partial charge in [-0.2, -0.15) is 10.2 Å². The van der Waals surface area contributed by atoms with Crippen LogP contribution in [0.2, 0.25) is 0 Å². The molecule has 0 aliphatic carbocycles. The molecule has 92 valence electrons. The summed E-state index contributed by atoms with van der Waals surface area (Å²) in [4.78, 5) is 4.22. The number of rotatable bonds is 5. The van der Waals surface area contributed by atoms with Crippen molar-refractivity contribution in [3.63, 3.8) is 0 Å². The molecule has 0 bridgehead atoms. The van der Waals surface area contributed by atoms with Gasteiger partial charge in [0, 0.05) is 12.2 Å². The third-order valence-electron chi connectivity index (χ3n) is 2.29. The number of nitrogens with zero attached hydrogens (tertiary/aromatic N) is 3. The number of nitriles is 1. The molecule has 0 aliphatic rings. The molecule has 0 radical (unpaired) electrons. The minimum atomic E-state index is 0.343. The van der Waals surface area contributed by atoms with Crippen LogP contribution in [0.5, 0.6) is 0 Å². The van der Waals surface area contributed by atoms with E-state index in [4.69, 9.17) is 14.5 Å². The second-order valence-corrected chi connectivity index (χ2v) is 3.76.